The molecule has 0 saturated heterocycles. The average molecular weight is 525 g/mol. The molecule has 0 amide bonds. The Labute approximate surface area is 221 Å². The van der Waals surface area contributed by atoms with Gasteiger partial charge in [-0.1, -0.05) is 65.6 Å². The molecule has 0 aliphatic heterocycles. The summed E-state index contributed by atoms with van der Waals surface area (Å²) >= 11 is 5.97. The van der Waals surface area contributed by atoms with Crippen molar-refractivity contribution in [2.45, 2.75) is 66.9 Å². The summed E-state index contributed by atoms with van der Waals surface area (Å²) in [6.07, 6.45) is 6.02. The minimum absolute atomic E-state index is 0.0391. The maximum Gasteiger partial charge on any atom is 0.343 e. The SMILES string of the molecule is CC(C)(C)C1CCCC(C(C)(C)C)C1OC(=O)c1c(C#N)cn2cc(-c3ccc(Cl)c([N+](=O)[O-])c3)[nH]c12. The van der Waals surface area contributed by atoms with Gasteiger partial charge in [0.1, 0.15) is 28.4 Å². The molecule has 196 valence electrons. The molecule has 9 heteroatoms. The number of nitriles is 1. The van der Waals surface area contributed by atoms with Crippen molar-refractivity contribution in [2.75, 3.05) is 0 Å². The second-order valence-electron chi connectivity index (χ2n) is 12.1. The largest absolute Gasteiger partial charge is 0.458 e. The van der Waals surface area contributed by atoms with Crippen LogP contribution in [0.5, 0.6) is 0 Å². The van der Waals surface area contributed by atoms with E-state index in [4.69, 9.17) is 16.3 Å². The fourth-order valence-corrected chi connectivity index (χ4v) is 5.86. The van der Waals surface area contributed by atoms with Crippen LogP contribution in [0.25, 0.3) is 16.9 Å². The molecule has 0 spiro atoms. The summed E-state index contributed by atoms with van der Waals surface area (Å²) < 4.78 is 7.96. The summed E-state index contributed by atoms with van der Waals surface area (Å²) in [4.78, 5) is 27.7. The van der Waals surface area contributed by atoms with Crippen LogP contribution in [0.3, 0.4) is 0 Å². The smallest absolute Gasteiger partial charge is 0.343 e. The summed E-state index contributed by atoms with van der Waals surface area (Å²) in [7, 11) is 0. The van der Waals surface area contributed by atoms with Gasteiger partial charge in [-0.15, -0.1) is 0 Å². The molecule has 1 fully saturated rings. The number of imidazole rings is 1. The van der Waals surface area contributed by atoms with Gasteiger partial charge in [0.25, 0.3) is 5.69 Å². The van der Waals surface area contributed by atoms with Gasteiger partial charge < -0.3 is 14.1 Å². The predicted octanol–water partition coefficient (Wildman–Crippen LogP) is 7.40. The Morgan fingerprint density at radius 1 is 1.16 bits per heavy atom. The highest BCUT2D eigenvalue weighted by atomic mass is 35.5. The Morgan fingerprint density at radius 2 is 1.78 bits per heavy atom. The summed E-state index contributed by atoms with van der Waals surface area (Å²) in [5, 5.41) is 21.2. The first-order valence-electron chi connectivity index (χ1n) is 12.5. The first-order valence-corrected chi connectivity index (χ1v) is 12.9. The molecule has 0 radical (unpaired) electrons. The molecule has 1 N–H and O–H groups in total. The number of benzene rings is 1. The Balaban J connectivity index is 1.75. The zero-order chi connectivity index (χ0) is 27.3. The third kappa shape index (κ3) is 5.10. The van der Waals surface area contributed by atoms with Crippen LogP contribution < -0.4 is 0 Å². The van der Waals surface area contributed by atoms with Crippen LogP contribution in [0.2, 0.25) is 5.02 Å². The number of nitrogens with zero attached hydrogens (tertiary/aromatic N) is 3. The molecule has 4 rings (SSSR count). The van der Waals surface area contributed by atoms with Crippen LogP contribution in [-0.4, -0.2) is 26.4 Å². The predicted molar refractivity (Wildman–Crippen MR) is 143 cm³/mol. The lowest BCUT2D eigenvalue weighted by Gasteiger charge is -2.48. The van der Waals surface area contributed by atoms with E-state index in [-0.39, 0.29) is 50.6 Å². The normalized spacial score (nSPS) is 20.5. The number of nitro groups is 1. The second-order valence-corrected chi connectivity index (χ2v) is 12.5. The van der Waals surface area contributed by atoms with Crippen LogP contribution >= 0.6 is 11.6 Å². The Kier molecular flexibility index (Phi) is 6.89. The third-order valence-electron chi connectivity index (χ3n) is 7.62. The van der Waals surface area contributed by atoms with Crippen LogP contribution in [-0.2, 0) is 4.74 Å². The number of nitrogens with one attached hydrogen (secondary N) is 1. The summed E-state index contributed by atoms with van der Waals surface area (Å²) in [5.41, 5.74) is 1.55. The highest BCUT2D eigenvalue weighted by Gasteiger charge is 2.46. The van der Waals surface area contributed by atoms with E-state index in [1.54, 1.807) is 22.9 Å². The molecule has 3 aromatic rings. The van der Waals surface area contributed by atoms with Gasteiger partial charge >= 0.3 is 5.97 Å². The van der Waals surface area contributed by atoms with E-state index in [1.807, 2.05) is 0 Å². The van der Waals surface area contributed by atoms with E-state index in [9.17, 15) is 20.2 Å². The standard InChI is InChI=1S/C28H33ClN4O4/c1-27(2,3)18-8-7-9-19(28(4,5)6)24(18)37-26(34)23-17(13-30)14-32-15-21(31-25(23)32)16-10-11-20(29)22(12-16)33(35)36/h10-12,14-15,18-19,24,31H,7-9H2,1-6H3. The van der Waals surface area contributed by atoms with Crippen molar-refractivity contribution in [1.82, 2.24) is 9.38 Å². The zero-order valence-corrected chi connectivity index (χ0v) is 22.8. The molecular weight excluding hydrogens is 492 g/mol. The lowest BCUT2D eigenvalue weighted by atomic mass is 9.61. The fourth-order valence-electron chi connectivity index (χ4n) is 5.68. The Morgan fingerprint density at radius 3 is 2.32 bits per heavy atom. The summed E-state index contributed by atoms with van der Waals surface area (Å²) in [5.74, 6) is -0.163. The highest BCUT2D eigenvalue weighted by molar-refractivity contribution is 6.32. The molecule has 2 unspecified atom stereocenters. The lowest BCUT2D eigenvalue weighted by molar-refractivity contribution is -0.384. The molecular formula is C28H33ClN4O4. The van der Waals surface area contributed by atoms with Crippen molar-refractivity contribution in [3.8, 4) is 17.3 Å². The highest BCUT2D eigenvalue weighted by Crippen LogP contribution is 2.48. The van der Waals surface area contributed by atoms with E-state index in [1.165, 1.54) is 12.1 Å². The summed E-state index contributed by atoms with van der Waals surface area (Å²) in [6, 6.07) is 6.61. The van der Waals surface area contributed by atoms with Gasteiger partial charge in [0.05, 0.1) is 16.2 Å². The number of halogens is 1. The van der Waals surface area contributed by atoms with Crippen molar-refractivity contribution in [1.29, 1.82) is 5.26 Å². The van der Waals surface area contributed by atoms with Crippen molar-refractivity contribution in [3.05, 3.63) is 56.9 Å². The van der Waals surface area contributed by atoms with E-state index >= 15 is 0 Å². The van der Waals surface area contributed by atoms with Crippen molar-refractivity contribution < 1.29 is 14.5 Å². The van der Waals surface area contributed by atoms with Gasteiger partial charge in [0.15, 0.2) is 0 Å². The van der Waals surface area contributed by atoms with Gasteiger partial charge in [-0.3, -0.25) is 10.1 Å². The molecule has 8 nitrogen and oxygen atoms in total. The Hall–Kier alpha value is -3.31. The molecule has 0 bridgehead atoms. The minimum atomic E-state index is -0.542. The van der Waals surface area contributed by atoms with Crippen molar-refractivity contribution in [3.63, 3.8) is 0 Å². The number of carbonyl (C=O) groups excluding carboxylic acids is 1. The van der Waals surface area contributed by atoms with Crippen LogP contribution in [0.4, 0.5) is 5.69 Å². The minimum Gasteiger partial charge on any atom is -0.458 e. The van der Waals surface area contributed by atoms with E-state index in [2.05, 4.69) is 52.6 Å². The molecule has 2 atom stereocenters. The topological polar surface area (TPSA) is 113 Å². The van der Waals surface area contributed by atoms with Crippen LogP contribution in [0.15, 0.2) is 30.6 Å². The number of nitro benzene ring substituents is 1. The monoisotopic (exact) mass is 524 g/mol. The first kappa shape index (κ1) is 26.7. The molecule has 1 aliphatic carbocycles. The molecule has 2 aromatic heterocycles. The number of rotatable bonds is 4. The van der Waals surface area contributed by atoms with Crippen LogP contribution in [0.1, 0.15) is 76.7 Å². The fraction of sp³-hybridized carbons (Fsp3) is 0.500. The number of fused-ring (bicyclic) bond motifs is 1. The number of aromatic amines is 1. The van der Waals surface area contributed by atoms with E-state index in [0.717, 1.165) is 19.3 Å². The number of hydrogen-bond donors (Lipinski definition) is 1. The van der Waals surface area contributed by atoms with Gasteiger partial charge in [-0.2, -0.15) is 5.26 Å². The van der Waals surface area contributed by atoms with Gasteiger partial charge in [0, 0.05) is 35.9 Å². The van der Waals surface area contributed by atoms with Crippen molar-refractivity contribution >= 4 is 28.9 Å². The third-order valence-corrected chi connectivity index (χ3v) is 7.94. The summed E-state index contributed by atoms with van der Waals surface area (Å²) in [6.45, 7) is 13.1. The molecule has 1 aromatic carbocycles. The zero-order valence-electron chi connectivity index (χ0n) is 22.1. The van der Waals surface area contributed by atoms with Crippen LogP contribution in [0, 0.1) is 44.1 Å². The quantitative estimate of drug-likeness (QED) is 0.217. The Bertz CT molecular complexity index is 1380. The average Bonchev–Trinajstić information content (AvgIpc) is 3.35. The van der Waals surface area contributed by atoms with Gasteiger partial charge in [0.2, 0.25) is 0 Å². The molecule has 1 saturated carbocycles. The maximum atomic E-state index is 13.7. The number of H-pyrrole nitrogens is 1. The van der Waals surface area contributed by atoms with E-state index < -0.39 is 10.9 Å². The molecule has 2 heterocycles. The van der Waals surface area contributed by atoms with E-state index in [0.29, 0.717) is 16.9 Å². The number of carbonyl (C=O) groups is 1. The molecule has 37 heavy (non-hydrogen) atoms. The second kappa shape index (κ2) is 9.53. The van der Waals surface area contributed by atoms with Gasteiger partial charge in [-0.05, 0) is 29.7 Å². The lowest BCUT2D eigenvalue weighted by Crippen LogP contribution is -2.47. The first-order chi connectivity index (χ1) is 17.2. The maximum absolute atomic E-state index is 13.7. The number of hydrogen-bond acceptors (Lipinski definition) is 5. The van der Waals surface area contributed by atoms with Gasteiger partial charge in [-0.25, -0.2) is 4.79 Å². The number of aromatic nitrogens is 2. The molecule has 1 aliphatic rings. The number of esters is 1. The number of ether oxygens (including phenoxy) is 1. The van der Waals surface area contributed by atoms with Crippen molar-refractivity contribution in [2.24, 2.45) is 22.7 Å².